The molecule has 0 fully saturated rings. The van der Waals surface area contributed by atoms with Gasteiger partial charge in [0.2, 0.25) is 0 Å². The first-order valence-corrected chi connectivity index (χ1v) is 8.67. The second-order valence-corrected chi connectivity index (χ2v) is 7.20. The number of hydrogen-bond acceptors (Lipinski definition) is 3. The lowest BCUT2D eigenvalue weighted by Gasteiger charge is -2.19. The van der Waals surface area contributed by atoms with Crippen molar-refractivity contribution in [2.24, 2.45) is 0 Å². The second-order valence-electron chi connectivity index (χ2n) is 7.20. The Balaban J connectivity index is 1.81. The van der Waals surface area contributed by atoms with E-state index in [1.165, 1.54) is 0 Å². The Hall–Kier alpha value is -2.82. The molecule has 2 N–H and O–H groups in total. The summed E-state index contributed by atoms with van der Waals surface area (Å²) in [6.07, 6.45) is 0.269. The molecule has 0 aromatic heterocycles. The highest BCUT2D eigenvalue weighted by atomic mass is 16.6. The predicted molar refractivity (Wildman–Crippen MR) is 104 cm³/mol. The van der Waals surface area contributed by atoms with Crippen molar-refractivity contribution in [1.29, 1.82) is 0 Å². The third-order valence-electron chi connectivity index (χ3n) is 3.61. The molecule has 0 spiro atoms. The molecule has 0 bridgehead atoms. The number of ether oxygens (including phenoxy) is 1. The molecule has 2 aromatic rings. The van der Waals surface area contributed by atoms with Gasteiger partial charge in [-0.05, 0) is 63.9 Å². The van der Waals surface area contributed by atoms with Gasteiger partial charge in [-0.1, -0.05) is 29.8 Å². The maximum absolute atomic E-state index is 12.2. The van der Waals surface area contributed by atoms with E-state index in [0.717, 1.165) is 16.8 Å². The van der Waals surface area contributed by atoms with E-state index in [-0.39, 0.29) is 5.91 Å². The molecule has 0 aliphatic rings. The Labute approximate surface area is 154 Å². The largest absolute Gasteiger partial charge is 0.444 e. The third kappa shape index (κ3) is 6.59. The van der Waals surface area contributed by atoms with Crippen molar-refractivity contribution in [2.45, 2.75) is 39.7 Å². The van der Waals surface area contributed by atoms with Crippen molar-refractivity contribution < 1.29 is 14.3 Å². The smallest absolute Gasteiger partial charge is 0.407 e. The maximum atomic E-state index is 12.2. The Morgan fingerprint density at radius 3 is 2.15 bits per heavy atom. The van der Waals surface area contributed by atoms with Gasteiger partial charge in [0.1, 0.15) is 5.60 Å². The molecule has 0 saturated carbocycles. The first-order chi connectivity index (χ1) is 12.2. The van der Waals surface area contributed by atoms with E-state index in [1.54, 1.807) is 12.1 Å². The van der Waals surface area contributed by atoms with Gasteiger partial charge in [-0.15, -0.1) is 0 Å². The molecule has 5 nitrogen and oxygen atoms in total. The molecule has 0 aliphatic heterocycles. The summed E-state index contributed by atoms with van der Waals surface area (Å²) in [5, 5.41) is 5.61. The van der Waals surface area contributed by atoms with Crippen molar-refractivity contribution in [2.75, 3.05) is 11.9 Å². The standard InChI is InChI=1S/C21H26N2O3/c1-15-5-9-17(10-6-15)19(24)23-18-11-7-16(8-12-18)13-14-22-20(25)26-21(2,3)4/h5-12H,13-14H2,1-4H3,(H,22,25)(H,23,24). The molecule has 26 heavy (non-hydrogen) atoms. The lowest BCUT2D eigenvalue weighted by Crippen LogP contribution is -2.33. The van der Waals surface area contributed by atoms with Gasteiger partial charge in [-0.3, -0.25) is 4.79 Å². The van der Waals surface area contributed by atoms with Gasteiger partial charge in [0.05, 0.1) is 0 Å². The van der Waals surface area contributed by atoms with Crippen LogP contribution in [0.25, 0.3) is 0 Å². The van der Waals surface area contributed by atoms with Crippen molar-refractivity contribution in [3.63, 3.8) is 0 Å². The zero-order valence-electron chi connectivity index (χ0n) is 15.8. The summed E-state index contributed by atoms with van der Waals surface area (Å²) >= 11 is 0. The van der Waals surface area contributed by atoms with Gasteiger partial charge in [0.25, 0.3) is 5.91 Å². The molecule has 2 amide bonds. The summed E-state index contributed by atoms with van der Waals surface area (Å²) in [6.45, 7) is 7.96. The minimum absolute atomic E-state index is 0.135. The lowest BCUT2D eigenvalue weighted by molar-refractivity contribution is 0.0528. The van der Waals surface area contributed by atoms with Crippen LogP contribution in [-0.4, -0.2) is 24.1 Å². The minimum atomic E-state index is -0.499. The van der Waals surface area contributed by atoms with Crippen molar-refractivity contribution >= 4 is 17.7 Å². The normalized spacial score (nSPS) is 10.9. The number of nitrogens with one attached hydrogen (secondary N) is 2. The van der Waals surface area contributed by atoms with E-state index in [9.17, 15) is 9.59 Å². The summed E-state index contributed by atoms with van der Waals surface area (Å²) in [6, 6.07) is 15.0. The Morgan fingerprint density at radius 2 is 1.58 bits per heavy atom. The molecule has 2 aromatic carbocycles. The van der Waals surface area contributed by atoms with Crippen molar-refractivity contribution in [3.8, 4) is 0 Å². The van der Waals surface area contributed by atoms with Crippen LogP contribution in [0.3, 0.4) is 0 Å². The zero-order valence-corrected chi connectivity index (χ0v) is 15.8. The Morgan fingerprint density at radius 1 is 0.962 bits per heavy atom. The highest BCUT2D eigenvalue weighted by Crippen LogP contribution is 2.12. The highest BCUT2D eigenvalue weighted by Gasteiger charge is 2.15. The monoisotopic (exact) mass is 354 g/mol. The maximum Gasteiger partial charge on any atom is 0.407 e. The van der Waals surface area contributed by atoms with Crippen LogP contribution in [0, 0.1) is 6.92 Å². The molecule has 0 aliphatic carbocycles. The van der Waals surface area contributed by atoms with Crippen LogP contribution in [0.4, 0.5) is 10.5 Å². The number of hydrogen-bond donors (Lipinski definition) is 2. The number of carbonyl (C=O) groups is 2. The molecule has 0 heterocycles. The summed E-state index contributed by atoms with van der Waals surface area (Å²) in [4.78, 5) is 23.8. The van der Waals surface area contributed by atoms with Crippen LogP contribution in [0.2, 0.25) is 0 Å². The average molecular weight is 354 g/mol. The van der Waals surface area contributed by atoms with Gasteiger partial charge in [-0.2, -0.15) is 0 Å². The van der Waals surface area contributed by atoms with Gasteiger partial charge >= 0.3 is 6.09 Å². The van der Waals surface area contributed by atoms with E-state index in [4.69, 9.17) is 4.74 Å². The highest BCUT2D eigenvalue weighted by molar-refractivity contribution is 6.04. The molecule has 138 valence electrons. The predicted octanol–water partition coefficient (Wildman–Crippen LogP) is 4.31. The van der Waals surface area contributed by atoms with E-state index in [1.807, 2.05) is 64.1 Å². The SMILES string of the molecule is Cc1ccc(C(=O)Nc2ccc(CCNC(=O)OC(C)(C)C)cc2)cc1. The second kappa shape index (κ2) is 8.52. The van der Waals surface area contributed by atoms with Crippen LogP contribution in [-0.2, 0) is 11.2 Å². The first-order valence-electron chi connectivity index (χ1n) is 8.67. The molecule has 5 heteroatoms. The molecule has 0 saturated heterocycles. The summed E-state index contributed by atoms with van der Waals surface area (Å²) in [5.74, 6) is -0.135. The number of benzene rings is 2. The topological polar surface area (TPSA) is 67.4 Å². The van der Waals surface area contributed by atoms with E-state index in [2.05, 4.69) is 10.6 Å². The van der Waals surface area contributed by atoms with Gasteiger partial charge in [0, 0.05) is 17.8 Å². The number of amides is 2. The van der Waals surface area contributed by atoms with Gasteiger partial charge < -0.3 is 15.4 Å². The van der Waals surface area contributed by atoms with E-state index < -0.39 is 11.7 Å². The zero-order chi connectivity index (χ0) is 19.2. The first kappa shape index (κ1) is 19.5. The molecule has 0 unspecified atom stereocenters. The number of rotatable bonds is 5. The molecule has 0 atom stereocenters. The molecule has 2 rings (SSSR count). The van der Waals surface area contributed by atoms with Crippen LogP contribution < -0.4 is 10.6 Å². The van der Waals surface area contributed by atoms with Gasteiger partial charge in [0.15, 0.2) is 0 Å². The fourth-order valence-electron chi connectivity index (χ4n) is 2.29. The number of aryl methyl sites for hydroxylation is 1. The molecule has 0 radical (unpaired) electrons. The Kier molecular flexibility index (Phi) is 6.39. The fraction of sp³-hybridized carbons (Fsp3) is 0.333. The average Bonchev–Trinajstić information content (AvgIpc) is 2.55. The van der Waals surface area contributed by atoms with Crippen LogP contribution >= 0.6 is 0 Å². The number of alkyl carbamates (subject to hydrolysis) is 1. The van der Waals surface area contributed by atoms with Gasteiger partial charge in [-0.25, -0.2) is 4.79 Å². The van der Waals surface area contributed by atoms with Crippen LogP contribution in [0.15, 0.2) is 48.5 Å². The van der Waals surface area contributed by atoms with Crippen LogP contribution in [0.5, 0.6) is 0 Å². The lowest BCUT2D eigenvalue weighted by atomic mass is 10.1. The Bertz CT molecular complexity index is 744. The summed E-state index contributed by atoms with van der Waals surface area (Å²) in [7, 11) is 0. The third-order valence-corrected chi connectivity index (χ3v) is 3.61. The summed E-state index contributed by atoms with van der Waals surface area (Å²) < 4.78 is 5.19. The molecular weight excluding hydrogens is 328 g/mol. The summed E-state index contributed by atoms with van der Waals surface area (Å²) in [5.41, 5.74) is 3.04. The minimum Gasteiger partial charge on any atom is -0.444 e. The van der Waals surface area contributed by atoms with E-state index in [0.29, 0.717) is 18.5 Å². The molecular formula is C21H26N2O3. The van der Waals surface area contributed by atoms with Crippen LogP contribution in [0.1, 0.15) is 42.3 Å². The number of carbonyl (C=O) groups excluding carboxylic acids is 2. The van der Waals surface area contributed by atoms with E-state index >= 15 is 0 Å². The number of anilines is 1. The van der Waals surface area contributed by atoms with Crippen molar-refractivity contribution in [3.05, 3.63) is 65.2 Å². The fourth-order valence-corrected chi connectivity index (χ4v) is 2.29. The van der Waals surface area contributed by atoms with Crippen molar-refractivity contribution in [1.82, 2.24) is 5.32 Å². The quantitative estimate of drug-likeness (QED) is 0.840.